The fourth-order valence-corrected chi connectivity index (χ4v) is 16.0. The summed E-state index contributed by atoms with van der Waals surface area (Å²) in [6.45, 7) is 29.6. The van der Waals surface area contributed by atoms with Gasteiger partial charge in [-0.25, -0.2) is 0 Å². The molecule has 0 bridgehead atoms. The molecule has 0 saturated carbocycles. The third-order valence-electron chi connectivity index (χ3n) is 20.9. The van der Waals surface area contributed by atoms with Gasteiger partial charge in [-0.05, 0) is 275 Å². The van der Waals surface area contributed by atoms with E-state index < -0.39 is 0 Å². The SMILES string of the molecule is CCCCCCc1ccc(N2c3cc(N(c4ccccc4)c4ccccc4)ccc3B3c4cc(C(C)(C)C)ccc4N(c4ccc(C(C)(C)C)cc4)c4cc(C)cc2c43)cc1.Cc1cccc(N2c3cc(C)ccc3B3c4ccc(C)cc4N(c4cccc(C)c4)c4cc(C)cc2c43)c1. The number of fused-ring (bicyclic) bond motifs is 8. The molecule has 0 aliphatic carbocycles. The van der Waals surface area contributed by atoms with Crippen molar-refractivity contribution in [3.63, 3.8) is 0 Å². The van der Waals surface area contributed by atoms with Crippen LogP contribution in [0, 0.1) is 41.5 Å². The summed E-state index contributed by atoms with van der Waals surface area (Å²) in [5.41, 5.74) is 38.1. The van der Waals surface area contributed by atoms with Gasteiger partial charge in [0.25, 0.3) is 13.4 Å². The van der Waals surface area contributed by atoms with Crippen LogP contribution >= 0.6 is 0 Å². The third-order valence-corrected chi connectivity index (χ3v) is 20.9. The van der Waals surface area contributed by atoms with E-state index in [1.165, 1.54) is 177 Å². The molecule has 0 radical (unpaired) electrons. The zero-order valence-corrected chi connectivity index (χ0v) is 60.2. The lowest BCUT2D eigenvalue weighted by Gasteiger charge is -2.45. The molecule has 16 rings (SSSR count). The lowest BCUT2D eigenvalue weighted by atomic mass is 9.33. The van der Waals surface area contributed by atoms with E-state index in [9.17, 15) is 0 Å². The first kappa shape index (κ1) is 64.7. The van der Waals surface area contributed by atoms with Crippen LogP contribution in [0.2, 0.25) is 0 Å². The summed E-state index contributed by atoms with van der Waals surface area (Å²) in [4.78, 5) is 12.5. The molecule has 4 aliphatic rings. The van der Waals surface area contributed by atoms with Crippen LogP contribution in [0.5, 0.6) is 0 Å². The molecular weight excluding hydrogens is 1200 g/mol. The molecule has 0 unspecified atom stereocenters. The molecule has 0 aromatic heterocycles. The quantitative estimate of drug-likeness (QED) is 0.0892. The van der Waals surface area contributed by atoms with Crippen LogP contribution in [0.15, 0.2) is 255 Å². The van der Waals surface area contributed by atoms with Crippen molar-refractivity contribution in [1.82, 2.24) is 0 Å². The monoisotopic (exact) mass is 1290 g/mol. The van der Waals surface area contributed by atoms with Gasteiger partial charge in [-0.1, -0.05) is 195 Å². The molecule has 12 aromatic carbocycles. The van der Waals surface area contributed by atoms with Gasteiger partial charge in [0.05, 0.1) is 0 Å². The highest BCUT2D eigenvalue weighted by Gasteiger charge is 2.46. The lowest BCUT2D eigenvalue weighted by molar-refractivity contribution is 0.590. The van der Waals surface area contributed by atoms with E-state index >= 15 is 0 Å². The van der Waals surface area contributed by atoms with Crippen LogP contribution in [0.25, 0.3) is 0 Å². The van der Waals surface area contributed by atoms with E-state index in [1.54, 1.807) is 0 Å². The number of nitrogens with zero attached hydrogens (tertiary/aromatic N) is 5. The first-order valence-electron chi connectivity index (χ1n) is 36.0. The molecule has 0 amide bonds. The lowest BCUT2D eigenvalue weighted by Crippen LogP contribution is -2.61. The van der Waals surface area contributed by atoms with Crippen molar-refractivity contribution in [1.29, 1.82) is 0 Å². The summed E-state index contributed by atoms with van der Waals surface area (Å²) in [5.74, 6) is 0. The Morgan fingerprint density at radius 3 is 1.18 bits per heavy atom. The molecule has 99 heavy (non-hydrogen) atoms. The maximum Gasteiger partial charge on any atom is 0.252 e. The molecule has 0 spiro atoms. The summed E-state index contributed by atoms with van der Waals surface area (Å²) < 4.78 is 0. The second kappa shape index (κ2) is 25.9. The Bertz CT molecular complexity index is 4860. The molecule has 0 fully saturated rings. The fourth-order valence-electron chi connectivity index (χ4n) is 16.0. The van der Waals surface area contributed by atoms with E-state index in [-0.39, 0.29) is 24.3 Å². The minimum absolute atomic E-state index is 0.0118. The number of unbranched alkanes of at least 4 members (excludes halogenated alkanes) is 3. The minimum Gasteiger partial charge on any atom is -0.311 e. The van der Waals surface area contributed by atoms with Crippen LogP contribution in [-0.2, 0) is 17.3 Å². The van der Waals surface area contributed by atoms with Crippen LogP contribution in [0.3, 0.4) is 0 Å². The Morgan fingerprint density at radius 2 is 0.707 bits per heavy atom. The number of para-hydroxylation sites is 2. The van der Waals surface area contributed by atoms with Crippen LogP contribution in [0.1, 0.15) is 124 Å². The minimum atomic E-state index is -0.0118. The third kappa shape index (κ3) is 12.0. The molecule has 0 N–H and O–H groups in total. The van der Waals surface area contributed by atoms with Crippen molar-refractivity contribution in [2.24, 2.45) is 0 Å². The van der Waals surface area contributed by atoms with Crippen molar-refractivity contribution >= 4 is 132 Å². The summed E-state index contributed by atoms with van der Waals surface area (Å²) >= 11 is 0. The van der Waals surface area contributed by atoms with E-state index in [0.29, 0.717) is 0 Å². The second-order valence-corrected chi connectivity index (χ2v) is 30.5. The summed E-state index contributed by atoms with van der Waals surface area (Å²) in [6, 6.07) is 96.3. The van der Waals surface area contributed by atoms with Gasteiger partial charge in [-0.2, -0.15) is 0 Å². The van der Waals surface area contributed by atoms with Gasteiger partial charge in [0.2, 0.25) is 0 Å². The molecule has 490 valence electrons. The van der Waals surface area contributed by atoms with Crippen molar-refractivity contribution in [3.05, 3.63) is 305 Å². The van der Waals surface area contributed by atoms with E-state index in [2.05, 4.69) is 369 Å². The highest BCUT2D eigenvalue weighted by atomic mass is 15.2. The first-order chi connectivity index (χ1) is 47.8. The molecular formula is C92H91B2N5. The maximum atomic E-state index is 2.57. The van der Waals surface area contributed by atoms with Crippen molar-refractivity contribution < 1.29 is 0 Å². The number of anilines is 15. The maximum absolute atomic E-state index is 2.57. The Morgan fingerprint density at radius 1 is 0.293 bits per heavy atom. The Labute approximate surface area is 590 Å². The molecule has 0 saturated heterocycles. The van der Waals surface area contributed by atoms with E-state index in [4.69, 9.17) is 0 Å². The Kier molecular flexibility index (Phi) is 16.9. The van der Waals surface area contributed by atoms with Gasteiger partial charge in [-0.3, -0.25) is 0 Å². The molecule has 0 atom stereocenters. The topological polar surface area (TPSA) is 16.2 Å². The van der Waals surface area contributed by atoms with Crippen LogP contribution in [0.4, 0.5) is 85.3 Å². The number of rotatable bonds is 12. The van der Waals surface area contributed by atoms with Gasteiger partial charge < -0.3 is 24.5 Å². The summed E-state index contributed by atoms with van der Waals surface area (Å²) in [5, 5.41) is 0. The standard InChI is InChI=1S/C57H60BN3.C35H31BN2/c1-9-10-11-14-19-41-24-29-46(30-25-41)61-52-39-48(59(44-20-15-12-16-21-44)45-22-17-13-18-23-45)33-34-49(52)58-50-38-43(57(6,7)8)28-35-51(50)60(53-36-40(2)37-54(61)55(53)58)47-31-26-42(27-32-47)56(3,4)5;1-22-8-6-10-27(16-22)37-31-18-24(3)12-14-29(31)36-30-15-13-25(4)19-32(30)38(28-11-7-9-23(2)17-28)34-21-26(5)20-33(37)35(34)36/h12-13,15-18,20-39H,9-11,14,19H2,1-8H3;6-21H,1-5H3. The predicted octanol–water partition coefficient (Wildman–Crippen LogP) is 21.6. The van der Waals surface area contributed by atoms with Gasteiger partial charge in [-0.15, -0.1) is 0 Å². The zero-order chi connectivity index (χ0) is 68.6. The van der Waals surface area contributed by atoms with Crippen LogP contribution in [-0.4, -0.2) is 13.4 Å². The predicted molar refractivity (Wildman–Crippen MR) is 429 cm³/mol. The van der Waals surface area contributed by atoms with Gasteiger partial charge in [0.1, 0.15) is 0 Å². The van der Waals surface area contributed by atoms with Gasteiger partial charge in [0, 0.05) is 85.3 Å². The highest BCUT2D eigenvalue weighted by Crippen LogP contribution is 2.49. The molecule has 5 nitrogen and oxygen atoms in total. The molecule has 4 aliphatic heterocycles. The average Bonchev–Trinajstić information content (AvgIpc) is 0.703. The average molecular weight is 1290 g/mol. The van der Waals surface area contributed by atoms with Gasteiger partial charge in [0.15, 0.2) is 0 Å². The fraction of sp³-hybridized carbons (Fsp3) is 0.217. The number of benzene rings is 12. The number of hydrogen-bond donors (Lipinski definition) is 0. The summed E-state index contributed by atoms with van der Waals surface area (Å²) in [6.07, 6.45) is 6.18. The normalized spacial score (nSPS) is 13.2. The van der Waals surface area contributed by atoms with E-state index in [0.717, 1.165) is 23.5 Å². The number of aryl methyl sites for hydroxylation is 7. The van der Waals surface area contributed by atoms with Crippen LogP contribution < -0.4 is 57.3 Å². The second-order valence-electron chi connectivity index (χ2n) is 30.5. The van der Waals surface area contributed by atoms with Crippen molar-refractivity contribution in [2.45, 2.75) is 133 Å². The Balaban J connectivity index is 0.000000179. The largest absolute Gasteiger partial charge is 0.311 e. The molecule has 12 aromatic rings. The smallest absolute Gasteiger partial charge is 0.252 e. The molecule has 7 heteroatoms. The summed E-state index contributed by atoms with van der Waals surface area (Å²) in [7, 11) is 0. The zero-order valence-electron chi connectivity index (χ0n) is 60.2. The Hall–Kier alpha value is -10.2. The van der Waals surface area contributed by atoms with Gasteiger partial charge >= 0.3 is 0 Å². The highest BCUT2D eigenvalue weighted by molar-refractivity contribution is 7.01. The van der Waals surface area contributed by atoms with Crippen molar-refractivity contribution in [3.8, 4) is 0 Å². The first-order valence-corrected chi connectivity index (χ1v) is 36.0. The molecule has 4 heterocycles. The van der Waals surface area contributed by atoms with Crippen molar-refractivity contribution in [2.75, 3.05) is 24.5 Å². The number of hydrogen-bond acceptors (Lipinski definition) is 5. The van der Waals surface area contributed by atoms with E-state index in [1.807, 2.05) is 0 Å².